The lowest BCUT2D eigenvalue weighted by molar-refractivity contribution is -0.137. The van der Waals surface area contributed by atoms with Crippen LogP contribution in [0.5, 0.6) is 0 Å². The van der Waals surface area contributed by atoms with Crippen molar-refractivity contribution < 1.29 is 18.4 Å². The SMILES string of the molecule is [2H]C([2H])([2H])N(C(=O)/C=C/C(=O)OCC)c1ccc(Cl)c(C)c1. The molecule has 0 aliphatic heterocycles. The fraction of sp³-hybridized carbons (Fsp3) is 0.286. The minimum absolute atomic E-state index is 0.163. The van der Waals surface area contributed by atoms with Gasteiger partial charge in [-0.15, -0.1) is 0 Å². The monoisotopic (exact) mass is 284 g/mol. The van der Waals surface area contributed by atoms with Crippen LogP contribution in [0.2, 0.25) is 5.02 Å². The predicted octanol–water partition coefficient (Wildman–Crippen LogP) is 2.73. The largest absolute Gasteiger partial charge is 0.463 e. The van der Waals surface area contributed by atoms with Crippen LogP contribution >= 0.6 is 11.6 Å². The first-order valence-corrected chi connectivity index (χ1v) is 5.99. The molecule has 102 valence electrons. The molecule has 1 aromatic carbocycles. The number of hydrogen-bond acceptors (Lipinski definition) is 3. The van der Waals surface area contributed by atoms with Gasteiger partial charge >= 0.3 is 5.97 Å². The molecule has 0 saturated heterocycles. The van der Waals surface area contributed by atoms with Gasteiger partial charge in [-0.05, 0) is 37.6 Å². The molecule has 0 unspecified atom stereocenters. The Morgan fingerprint density at radius 3 is 2.79 bits per heavy atom. The lowest BCUT2D eigenvalue weighted by atomic mass is 10.2. The smallest absolute Gasteiger partial charge is 0.330 e. The van der Waals surface area contributed by atoms with Crippen LogP contribution in [0.3, 0.4) is 0 Å². The average Bonchev–Trinajstić information content (AvgIpc) is 2.39. The lowest BCUT2D eigenvalue weighted by Gasteiger charge is -2.16. The van der Waals surface area contributed by atoms with Gasteiger partial charge in [-0.2, -0.15) is 0 Å². The second-order valence-corrected chi connectivity index (χ2v) is 4.10. The van der Waals surface area contributed by atoms with Crippen molar-refractivity contribution >= 4 is 29.2 Å². The Kier molecular flexibility index (Phi) is 4.04. The molecule has 0 heterocycles. The number of halogens is 1. The molecule has 0 saturated carbocycles. The second kappa shape index (κ2) is 6.95. The number of carbonyl (C=O) groups excluding carboxylic acids is 2. The predicted molar refractivity (Wildman–Crippen MR) is 75.4 cm³/mol. The molecule has 0 radical (unpaired) electrons. The first-order valence-electron chi connectivity index (χ1n) is 7.12. The standard InChI is InChI=1S/C14H16ClNO3/c1-4-19-14(18)8-7-13(17)16(3)11-5-6-12(15)10(2)9-11/h5-9H,4H2,1-3H3/b8-7+/i3D3. The summed E-state index contributed by atoms with van der Waals surface area (Å²) >= 11 is 5.90. The molecular formula is C14H16ClNO3. The molecule has 0 aliphatic rings. The number of nitrogens with zero attached hydrogens (tertiary/aromatic N) is 1. The van der Waals surface area contributed by atoms with Crippen molar-refractivity contribution in [3.05, 3.63) is 40.9 Å². The van der Waals surface area contributed by atoms with E-state index in [2.05, 4.69) is 4.74 Å². The van der Waals surface area contributed by atoms with Crippen molar-refractivity contribution in [3.8, 4) is 0 Å². The Morgan fingerprint density at radius 1 is 1.47 bits per heavy atom. The van der Waals surface area contributed by atoms with Gasteiger partial charge in [-0.25, -0.2) is 4.79 Å². The summed E-state index contributed by atoms with van der Waals surface area (Å²) < 4.78 is 27.2. The quantitative estimate of drug-likeness (QED) is 0.631. The molecular weight excluding hydrogens is 266 g/mol. The van der Waals surface area contributed by atoms with Gasteiger partial charge in [0.05, 0.1) is 6.61 Å². The van der Waals surface area contributed by atoms with Crippen molar-refractivity contribution in [2.75, 3.05) is 18.5 Å². The minimum atomic E-state index is -2.70. The van der Waals surface area contributed by atoms with Gasteiger partial charge in [-0.3, -0.25) is 4.79 Å². The third-order valence-electron chi connectivity index (χ3n) is 2.27. The molecule has 0 aliphatic carbocycles. The molecule has 1 amide bonds. The molecule has 0 atom stereocenters. The van der Waals surface area contributed by atoms with E-state index in [0.717, 1.165) is 12.2 Å². The molecule has 5 heteroatoms. The van der Waals surface area contributed by atoms with E-state index in [4.69, 9.17) is 15.7 Å². The highest BCUT2D eigenvalue weighted by Crippen LogP contribution is 2.21. The topological polar surface area (TPSA) is 46.6 Å². The summed E-state index contributed by atoms with van der Waals surface area (Å²) in [5, 5.41) is 0.462. The maximum Gasteiger partial charge on any atom is 0.330 e. The first-order chi connectivity index (χ1) is 10.2. The van der Waals surface area contributed by atoms with E-state index < -0.39 is 18.9 Å². The summed E-state index contributed by atoms with van der Waals surface area (Å²) in [4.78, 5) is 24.0. The molecule has 0 N–H and O–H groups in total. The summed E-state index contributed by atoms with van der Waals surface area (Å²) in [6.45, 7) is 0.786. The minimum Gasteiger partial charge on any atom is -0.463 e. The number of likely N-dealkylation sites (N-methyl/N-ethyl adjacent to an activating group) is 1. The normalized spacial score (nSPS) is 13.5. The van der Waals surface area contributed by atoms with E-state index in [9.17, 15) is 9.59 Å². The second-order valence-electron chi connectivity index (χ2n) is 3.69. The van der Waals surface area contributed by atoms with Crippen LogP contribution < -0.4 is 4.90 Å². The van der Waals surface area contributed by atoms with E-state index in [-0.39, 0.29) is 12.3 Å². The average molecular weight is 285 g/mol. The van der Waals surface area contributed by atoms with E-state index in [1.807, 2.05) is 0 Å². The fourth-order valence-corrected chi connectivity index (χ4v) is 1.42. The van der Waals surface area contributed by atoms with Gasteiger partial charge in [0.2, 0.25) is 0 Å². The van der Waals surface area contributed by atoms with E-state index in [1.165, 1.54) is 18.2 Å². The van der Waals surface area contributed by atoms with Crippen LogP contribution in [-0.4, -0.2) is 25.5 Å². The maximum atomic E-state index is 12.1. The van der Waals surface area contributed by atoms with Crippen LogP contribution in [0, 0.1) is 6.92 Å². The Hall–Kier alpha value is -1.81. The summed E-state index contributed by atoms with van der Waals surface area (Å²) in [5.41, 5.74) is 0.802. The Morgan fingerprint density at radius 2 is 2.21 bits per heavy atom. The maximum absolute atomic E-state index is 12.1. The number of amides is 1. The van der Waals surface area contributed by atoms with E-state index in [1.54, 1.807) is 13.8 Å². The summed E-state index contributed by atoms with van der Waals surface area (Å²) in [6, 6.07) is 4.43. The number of esters is 1. The zero-order valence-electron chi connectivity index (χ0n) is 13.6. The number of aryl methyl sites for hydroxylation is 1. The van der Waals surface area contributed by atoms with E-state index >= 15 is 0 Å². The van der Waals surface area contributed by atoms with Crippen LogP contribution in [0.15, 0.2) is 30.4 Å². The van der Waals surface area contributed by atoms with Crippen LogP contribution in [-0.2, 0) is 14.3 Å². The molecule has 4 nitrogen and oxygen atoms in total. The molecule has 0 fully saturated rings. The van der Waals surface area contributed by atoms with Gasteiger partial charge in [0.15, 0.2) is 0 Å². The number of rotatable bonds is 4. The van der Waals surface area contributed by atoms with E-state index in [0.29, 0.717) is 15.5 Å². The lowest BCUT2D eigenvalue weighted by Crippen LogP contribution is -2.24. The summed E-state index contributed by atoms with van der Waals surface area (Å²) in [7, 11) is 0. The zero-order chi connectivity index (χ0) is 16.9. The Bertz CT molecular complexity index is 599. The zero-order valence-corrected chi connectivity index (χ0v) is 11.4. The fourth-order valence-electron chi connectivity index (χ4n) is 1.30. The van der Waals surface area contributed by atoms with Crippen molar-refractivity contribution in [1.29, 1.82) is 0 Å². The highest BCUT2D eigenvalue weighted by atomic mass is 35.5. The Balaban J connectivity index is 3.11. The number of anilines is 1. The van der Waals surface area contributed by atoms with Crippen LogP contribution in [0.4, 0.5) is 5.69 Å². The number of benzene rings is 1. The third kappa shape index (κ3) is 4.41. The van der Waals surface area contributed by atoms with Gasteiger partial charge in [0.25, 0.3) is 5.91 Å². The molecule has 0 bridgehead atoms. The number of carbonyl (C=O) groups is 2. The number of ether oxygens (including phenoxy) is 1. The summed E-state index contributed by atoms with van der Waals surface area (Å²) in [5.74, 6) is -1.57. The van der Waals surface area contributed by atoms with Gasteiger partial charge in [0, 0.05) is 34.0 Å². The molecule has 1 rings (SSSR count). The Labute approximate surface area is 121 Å². The molecule has 1 aromatic rings. The number of hydrogen-bond donors (Lipinski definition) is 0. The van der Waals surface area contributed by atoms with Crippen LogP contribution in [0.1, 0.15) is 16.6 Å². The first kappa shape index (κ1) is 11.1. The van der Waals surface area contributed by atoms with Crippen molar-refractivity contribution in [3.63, 3.8) is 0 Å². The van der Waals surface area contributed by atoms with Crippen molar-refractivity contribution in [1.82, 2.24) is 0 Å². The highest BCUT2D eigenvalue weighted by molar-refractivity contribution is 6.31. The van der Waals surface area contributed by atoms with Crippen molar-refractivity contribution in [2.45, 2.75) is 13.8 Å². The molecule has 0 aromatic heterocycles. The van der Waals surface area contributed by atoms with Gasteiger partial charge in [0.1, 0.15) is 0 Å². The third-order valence-corrected chi connectivity index (χ3v) is 2.69. The van der Waals surface area contributed by atoms with Crippen LogP contribution in [0.25, 0.3) is 0 Å². The van der Waals surface area contributed by atoms with Crippen molar-refractivity contribution in [2.24, 2.45) is 0 Å². The van der Waals surface area contributed by atoms with Gasteiger partial charge < -0.3 is 9.64 Å². The molecule has 19 heavy (non-hydrogen) atoms. The van der Waals surface area contributed by atoms with Gasteiger partial charge in [-0.1, -0.05) is 11.6 Å². The molecule has 0 spiro atoms. The highest BCUT2D eigenvalue weighted by Gasteiger charge is 2.09. The summed E-state index contributed by atoms with van der Waals surface area (Å²) in [6.07, 6.45) is 1.77.